The van der Waals surface area contributed by atoms with Gasteiger partial charge >= 0.3 is 0 Å². The van der Waals surface area contributed by atoms with Crippen LogP contribution in [0.3, 0.4) is 0 Å². The van der Waals surface area contributed by atoms with Gasteiger partial charge in [0.15, 0.2) is 0 Å². The van der Waals surface area contributed by atoms with Gasteiger partial charge in [0, 0.05) is 16.6 Å². The molecule has 5 heteroatoms. The summed E-state index contributed by atoms with van der Waals surface area (Å²) in [5, 5.41) is 0.516. The number of nitrogens with two attached hydrogens (primary N) is 1. The number of hydrogen-bond acceptors (Lipinski definition) is 2. The van der Waals surface area contributed by atoms with Crippen LogP contribution < -0.4 is 10.5 Å². The summed E-state index contributed by atoms with van der Waals surface area (Å²) >= 11 is 5.92. The number of halogens is 3. The summed E-state index contributed by atoms with van der Waals surface area (Å²) in [6, 6.07) is 7.92. The molecule has 2 aromatic rings. The van der Waals surface area contributed by atoms with Crippen LogP contribution in [-0.4, -0.2) is 7.11 Å². The predicted octanol–water partition coefficient (Wildman–Crippen LogP) is 3.87. The monoisotopic (exact) mass is 297 g/mol. The van der Waals surface area contributed by atoms with E-state index in [1.807, 2.05) is 0 Å². The Morgan fingerprint density at radius 1 is 1.20 bits per heavy atom. The molecule has 0 fully saturated rings. The van der Waals surface area contributed by atoms with Crippen LogP contribution in [0.2, 0.25) is 5.02 Å². The molecule has 2 N–H and O–H groups in total. The van der Waals surface area contributed by atoms with Crippen LogP contribution in [0, 0.1) is 11.6 Å². The quantitative estimate of drug-likeness (QED) is 0.930. The van der Waals surface area contributed by atoms with E-state index >= 15 is 0 Å². The van der Waals surface area contributed by atoms with Crippen LogP contribution in [0.1, 0.15) is 17.2 Å². The first-order valence-electron chi connectivity index (χ1n) is 6.05. The second-order valence-corrected chi connectivity index (χ2v) is 4.84. The van der Waals surface area contributed by atoms with Gasteiger partial charge in [0.25, 0.3) is 0 Å². The molecular weight excluding hydrogens is 284 g/mol. The summed E-state index contributed by atoms with van der Waals surface area (Å²) in [6.45, 7) is 0. The highest BCUT2D eigenvalue weighted by molar-refractivity contribution is 6.30. The summed E-state index contributed by atoms with van der Waals surface area (Å²) in [7, 11) is 1.52. The fourth-order valence-corrected chi connectivity index (χ4v) is 2.31. The van der Waals surface area contributed by atoms with Gasteiger partial charge in [0.1, 0.15) is 17.4 Å². The minimum Gasteiger partial charge on any atom is -0.496 e. The molecule has 0 aromatic heterocycles. The first kappa shape index (κ1) is 14.8. The van der Waals surface area contributed by atoms with Crippen molar-refractivity contribution in [3.63, 3.8) is 0 Å². The molecule has 0 heterocycles. The summed E-state index contributed by atoms with van der Waals surface area (Å²) in [5.41, 5.74) is 6.50. The maximum atomic E-state index is 13.7. The average molecular weight is 298 g/mol. The number of ether oxygens (including phenoxy) is 1. The SMILES string of the molecule is COc1ccc(Cl)cc1CC(N)c1c(F)cccc1F. The number of hydrogen-bond donors (Lipinski definition) is 1. The highest BCUT2D eigenvalue weighted by atomic mass is 35.5. The fourth-order valence-electron chi connectivity index (χ4n) is 2.11. The average Bonchev–Trinajstić information content (AvgIpc) is 2.38. The Morgan fingerprint density at radius 3 is 2.45 bits per heavy atom. The molecule has 0 aliphatic rings. The molecule has 2 nitrogen and oxygen atoms in total. The van der Waals surface area contributed by atoms with E-state index in [0.29, 0.717) is 16.3 Å². The van der Waals surface area contributed by atoms with Crippen LogP contribution in [-0.2, 0) is 6.42 Å². The van der Waals surface area contributed by atoms with Gasteiger partial charge in [-0.1, -0.05) is 17.7 Å². The second-order valence-electron chi connectivity index (χ2n) is 4.40. The molecular formula is C15H14ClF2NO. The third kappa shape index (κ3) is 3.08. The molecule has 0 spiro atoms. The topological polar surface area (TPSA) is 35.2 Å². The Morgan fingerprint density at radius 2 is 1.85 bits per heavy atom. The minimum absolute atomic E-state index is 0.130. The summed E-state index contributed by atoms with van der Waals surface area (Å²) < 4.78 is 32.6. The predicted molar refractivity (Wildman–Crippen MR) is 75.0 cm³/mol. The summed E-state index contributed by atoms with van der Waals surface area (Å²) in [6.07, 6.45) is 0.224. The van der Waals surface area contributed by atoms with Crippen molar-refractivity contribution in [2.75, 3.05) is 7.11 Å². The van der Waals surface area contributed by atoms with Gasteiger partial charge in [0.05, 0.1) is 7.11 Å². The van der Waals surface area contributed by atoms with E-state index in [9.17, 15) is 8.78 Å². The highest BCUT2D eigenvalue weighted by Crippen LogP contribution is 2.28. The van der Waals surface area contributed by atoms with Gasteiger partial charge < -0.3 is 10.5 Å². The standard InChI is InChI=1S/C15H14ClF2NO/c1-20-14-6-5-10(16)7-9(14)8-13(19)15-11(17)3-2-4-12(15)18/h2-7,13H,8,19H2,1H3. The molecule has 0 radical (unpaired) electrons. The van der Waals surface area contributed by atoms with Gasteiger partial charge in [0.2, 0.25) is 0 Å². The lowest BCUT2D eigenvalue weighted by Gasteiger charge is -2.16. The highest BCUT2D eigenvalue weighted by Gasteiger charge is 2.18. The van der Waals surface area contributed by atoms with Crippen molar-refractivity contribution >= 4 is 11.6 Å². The Bertz CT molecular complexity index is 599. The lowest BCUT2D eigenvalue weighted by atomic mass is 9.98. The van der Waals surface area contributed by atoms with E-state index in [1.165, 1.54) is 25.3 Å². The van der Waals surface area contributed by atoms with Crippen LogP contribution in [0.15, 0.2) is 36.4 Å². The first-order valence-corrected chi connectivity index (χ1v) is 6.42. The van der Waals surface area contributed by atoms with Crippen molar-refractivity contribution < 1.29 is 13.5 Å². The lowest BCUT2D eigenvalue weighted by molar-refractivity contribution is 0.407. The third-order valence-electron chi connectivity index (χ3n) is 3.05. The fraction of sp³-hybridized carbons (Fsp3) is 0.200. The molecule has 106 valence electrons. The molecule has 0 aliphatic heterocycles. The van der Waals surface area contributed by atoms with Crippen molar-refractivity contribution in [2.24, 2.45) is 5.73 Å². The van der Waals surface area contributed by atoms with Crippen LogP contribution in [0.25, 0.3) is 0 Å². The zero-order chi connectivity index (χ0) is 14.7. The van der Waals surface area contributed by atoms with Crippen LogP contribution >= 0.6 is 11.6 Å². The molecule has 20 heavy (non-hydrogen) atoms. The normalized spacial score (nSPS) is 12.2. The molecule has 0 saturated heterocycles. The van der Waals surface area contributed by atoms with Gasteiger partial charge in [-0.15, -0.1) is 0 Å². The zero-order valence-electron chi connectivity index (χ0n) is 10.9. The van der Waals surface area contributed by atoms with E-state index in [0.717, 1.165) is 0 Å². The van der Waals surface area contributed by atoms with Gasteiger partial charge in [-0.05, 0) is 42.3 Å². The van der Waals surface area contributed by atoms with E-state index in [-0.39, 0.29) is 12.0 Å². The summed E-state index contributed by atoms with van der Waals surface area (Å²) in [4.78, 5) is 0. The molecule has 0 amide bonds. The molecule has 0 aliphatic carbocycles. The molecule has 1 unspecified atom stereocenters. The van der Waals surface area contributed by atoms with Crippen molar-refractivity contribution in [3.05, 3.63) is 64.2 Å². The number of rotatable bonds is 4. The maximum absolute atomic E-state index is 13.7. The molecule has 0 saturated carbocycles. The Hall–Kier alpha value is -1.65. The maximum Gasteiger partial charge on any atom is 0.130 e. The third-order valence-corrected chi connectivity index (χ3v) is 3.29. The van der Waals surface area contributed by atoms with Gasteiger partial charge in [-0.25, -0.2) is 8.78 Å². The molecule has 1 atom stereocenters. The minimum atomic E-state index is -0.816. The van der Waals surface area contributed by atoms with Gasteiger partial charge in [-0.2, -0.15) is 0 Å². The summed E-state index contributed by atoms with van der Waals surface area (Å²) in [5.74, 6) is -0.724. The van der Waals surface area contributed by atoms with E-state index < -0.39 is 17.7 Å². The van der Waals surface area contributed by atoms with Crippen molar-refractivity contribution in [2.45, 2.75) is 12.5 Å². The van der Waals surface area contributed by atoms with Crippen LogP contribution in [0.5, 0.6) is 5.75 Å². The Labute approximate surface area is 121 Å². The smallest absolute Gasteiger partial charge is 0.130 e. The second kappa shape index (κ2) is 6.20. The van der Waals surface area contributed by atoms with Crippen LogP contribution in [0.4, 0.5) is 8.78 Å². The van der Waals surface area contributed by atoms with Crippen molar-refractivity contribution in [1.82, 2.24) is 0 Å². The number of methoxy groups -OCH3 is 1. The molecule has 2 rings (SSSR count). The van der Waals surface area contributed by atoms with Gasteiger partial charge in [-0.3, -0.25) is 0 Å². The largest absolute Gasteiger partial charge is 0.496 e. The number of benzene rings is 2. The molecule has 0 bridgehead atoms. The lowest BCUT2D eigenvalue weighted by Crippen LogP contribution is -2.17. The van der Waals surface area contributed by atoms with E-state index in [2.05, 4.69) is 0 Å². The Balaban J connectivity index is 2.32. The van der Waals surface area contributed by atoms with Crippen molar-refractivity contribution in [1.29, 1.82) is 0 Å². The zero-order valence-corrected chi connectivity index (χ0v) is 11.6. The van der Waals surface area contributed by atoms with E-state index in [1.54, 1.807) is 18.2 Å². The Kier molecular flexibility index (Phi) is 4.57. The molecule has 2 aromatic carbocycles. The first-order chi connectivity index (χ1) is 9.52. The van der Waals surface area contributed by atoms with E-state index in [4.69, 9.17) is 22.1 Å². The van der Waals surface area contributed by atoms with Crippen molar-refractivity contribution in [3.8, 4) is 5.75 Å².